The second-order valence-electron chi connectivity index (χ2n) is 8.92. The van der Waals surface area contributed by atoms with Crippen molar-refractivity contribution in [3.05, 3.63) is 53.7 Å². The van der Waals surface area contributed by atoms with E-state index in [4.69, 9.17) is 35.2 Å². The molecule has 0 spiro atoms. The minimum Gasteiger partial charge on any atom is -0.493 e. The number of hydrogen-bond acceptors (Lipinski definition) is 9. The first-order valence-electron chi connectivity index (χ1n) is 12.7. The molecule has 1 aliphatic heterocycles. The van der Waals surface area contributed by atoms with Crippen LogP contribution in [0.5, 0.6) is 17.2 Å². The highest BCUT2D eigenvalue weighted by molar-refractivity contribution is 5.78. The summed E-state index contributed by atoms with van der Waals surface area (Å²) in [5, 5.41) is 0. The van der Waals surface area contributed by atoms with E-state index in [0.29, 0.717) is 25.5 Å². The Labute approximate surface area is 218 Å². The summed E-state index contributed by atoms with van der Waals surface area (Å²) in [6, 6.07) is 11.8. The van der Waals surface area contributed by atoms with Crippen molar-refractivity contribution in [2.75, 3.05) is 45.2 Å². The number of methoxy groups -OCH3 is 1. The number of nitrogens with two attached hydrogens (primary N) is 2. The zero-order valence-corrected chi connectivity index (χ0v) is 21.6. The van der Waals surface area contributed by atoms with Gasteiger partial charge in [0, 0.05) is 38.3 Å². The Kier molecular flexibility index (Phi) is 9.40. The van der Waals surface area contributed by atoms with Crippen LogP contribution in [-0.4, -0.2) is 49.8 Å². The normalized spacial score (nSPS) is 15.4. The standard InChI is InChI=1S/C28H36N4O5/c1-3-34-24-15-19(14-21-17-31-28(30)32-27(21)29)16-25(36-13-11-22-6-4-5-12-35-22)26(24)20-7-9-23(10-8-20)37-18-33-2/h7-10,15-17,22H,3-6,11-14,18H2,1-2H3,(H4,29,30,31,32). The Balaban J connectivity index is 1.66. The quantitative estimate of drug-likeness (QED) is 0.337. The molecule has 4 N–H and O–H groups in total. The van der Waals surface area contributed by atoms with Crippen LogP contribution in [0.4, 0.5) is 11.8 Å². The molecule has 198 valence electrons. The van der Waals surface area contributed by atoms with Gasteiger partial charge < -0.3 is 35.2 Å². The summed E-state index contributed by atoms with van der Waals surface area (Å²) >= 11 is 0. The van der Waals surface area contributed by atoms with Crippen LogP contribution in [0.1, 0.15) is 43.7 Å². The topological polar surface area (TPSA) is 124 Å². The number of rotatable bonds is 12. The van der Waals surface area contributed by atoms with E-state index < -0.39 is 0 Å². The van der Waals surface area contributed by atoms with Crippen LogP contribution in [0.25, 0.3) is 11.1 Å². The van der Waals surface area contributed by atoms with Crippen LogP contribution < -0.4 is 25.7 Å². The van der Waals surface area contributed by atoms with Gasteiger partial charge in [0.25, 0.3) is 0 Å². The van der Waals surface area contributed by atoms with Crippen LogP contribution in [0, 0.1) is 0 Å². The Bertz CT molecular complexity index is 1150. The first-order valence-corrected chi connectivity index (χ1v) is 12.7. The smallest absolute Gasteiger partial charge is 0.221 e. The van der Waals surface area contributed by atoms with E-state index in [0.717, 1.165) is 65.4 Å². The summed E-state index contributed by atoms with van der Waals surface area (Å²) in [6.07, 6.45) is 6.63. The molecule has 2 heterocycles. The number of aromatic nitrogens is 2. The number of anilines is 2. The third-order valence-corrected chi connectivity index (χ3v) is 6.19. The second-order valence-corrected chi connectivity index (χ2v) is 8.92. The molecule has 1 unspecified atom stereocenters. The summed E-state index contributed by atoms with van der Waals surface area (Å²) in [7, 11) is 1.59. The molecular formula is C28H36N4O5. The van der Waals surface area contributed by atoms with Crippen LogP contribution in [-0.2, 0) is 15.9 Å². The predicted molar refractivity (Wildman–Crippen MR) is 143 cm³/mol. The zero-order chi connectivity index (χ0) is 26.0. The zero-order valence-electron chi connectivity index (χ0n) is 21.6. The molecule has 1 fully saturated rings. The summed E-state index contributed by atoms with van der Waals surface area (Å²) in [5.74, 6) is 2.69. The van der Waals surface area contributed by atoms with Gasteiger partial charge in [0.05, 0.1) is 24.9 Å². The van der Waals surface area contributed by atoms with E-state index in [1.54, 1.807) is 13.3 Å². The maximum atomic E-state index is 6.41. The fourth-order valence-electron chi connectivity index (χ4n) is 4.38. The van der Waals surface area contributed by atoms with Crippen molar-refractivity contribution in [3.8, 4) is 28.4 Å². The lowest BCUT2D eigenvalue weighted by molar-refractivity contribution is 0.00407. The minimum atomic E-state index is 0.151. The third kappa shape index (κ3) is 7.24. The number of nitrogens with zero attached hydrogens (tertiary/aromatic N) is 2. The van der Waals surface area contributed by atoms with Gasteiger partial charge in [-0.15, -0.1) is 0 Å². The Morgan fingerprint density at radius 2 is 1.81 bits per heavy atom. The molecule has 9 nitrogen and oxygen atoms in total. The maximum absolute atomic E-state index is 6.41. The van der Waals surface area contributed by atoms with E-state index in [-0.39, 0.29) is 18.8 Å². The summed E-state index contributed by atoms with van der Waals surface area (Å²) in [6.45, 7) is 4.02. The van der Waals surface area contributed by atoms with E-state index >= 15 is 0 Å². The lowest BCUT2D eigenvalue weighted by Gasteiger charge is -2.23. The summed E-state index contributed by atoms with van der Waals surface area (Å²) in [4.78, 5) is 8.20. The van der Waals surface area contributed by atoms with Gasteiger partial charge in [0.15, 0.2) is 6.79 Å². The highest BCUT2D eigenvalue weighted by Crippen LogP contribution is 2.41. The van der Waals surface area contributed by atoms with E-state index in [2.05, 4.69) is 9.97 Å². The fraction of sp³-hybridized carbons (Fsp3) is 0.429. The summed E-state index contributed by atoms with van der Waals surface area (Å²) < 4.78 is 29.0. The number of ether oxygens (including phenoxy) is 5. The van der Waals surface area contributed by atoms with Gasteiger partial charge in [-0.05, 0) is 61.6 Å². The SMILES string of the molecule is CCOc1cc(Cc2cnc(N)nc2N)cc(OCCC2CCCCO2)c1-c1ccc(OCOC)cc1. The monoisotopic (exact) mass is 508 g/mol. The van der Waals surface area contributed by atoms with Crippen molar-refractivity contribution in [1.29, 1.82) is 0 Å². The van der Waals surface area contributed by atoms with Crippen LogP contribution >= 0.6 is 0 Å². The van der Waals surface area contributed by atoms with Crippen LogP contribution in [0.2, 0.25) is 0 Å². The molecule has 1 saturated heterocycles. The number of benzene rings is 2. The Morgan fingerprint density at radius 3 is 2.49 bits per heavy atom. The molecule has 1 atom stereocenters. The molecule has 0 saturated carbocycles. The first-order chi connectivity index (χ1) is 18.1. The third-order valence-electron chi connectivity index (χ3n) is 6.19. The van der Waals surface area contributed by atoms with Crippen molar-refractivity contribution in [2.45, 2.75) is 45.1 Å². The molecule has 0 amide bonds. The van der Waals surface area contributed by atoms with Gasteiger partial charge in [0.2, 0.25) is 5.95 Å². The Hall–Kier alpha value is -3.56. The summed E-state index contributed by atoms with van der Waals surface area (Å²) in [5.41, 5.74) is 15.4. The first kappa shape index (κ1) is 26.5. The van der Waals surface area contributed by atoms with Crippen molar-refractivity contribution >= 4 is 11.8 Å². The molecular weight excluding hydrogens is 472 g/mol. The molecule has 0 radical (unpaired) electrons. The highest BCUT2D eigenvalue weighted by Gasteiger charge is 2.19. The number of nitrogen functional groups attached to an aromatic ring is 2. The number of hydrogen-bond donors (Lipinski definition) is 2. The van der Waals surface area contributed by atoms with E-state index in [1.165, 1.54) is 6.42 Å². The van der Waals surface area contributed by atoms with Crippen molar-refractivity contribution in [2.24, 2.45) is 0 Å². The van der Waals surface area contributed by atoms with Gasteiger partial charge >= 0.3 is 0 Å². The van der Waals surface area contributed by atoms with E-state index in [1.807, 2.05) is 43.3 Å². The molecule has 0 bridgehead atoms. The van der Waals surface area contributed by atoms with Gasteiger partial charge in [-0.3, -0.25) is 0 Å². The molecule has 0 aliphatic carbocycles. The van der Waals surface area contributed by atoms with Crippen LogP contribution in [0.15, 0.2) is 42.6 Å². The fourth-order valence-corrected chi connectivity index (χ4v) is 4.38. The molecule has 9 heteroatoms. The van der Waals surface area contributed by atoms with E-state index in [9.17, 15) is 0 Å². The molecule has 3 aromatic rings. The van der Waals surface area contributed by atoms with Gasteiger partial charge in [-0.25, -0.2) is 4.98 Å². The van der Waals surface area contributed by atoms with Gasteiger partial charge in [-0.2, -0.15) is 4.98 Å². The lowest BCUT2D eigenvalue weighted by atomic mass is 9.98. The maximum Gasteiger partial charge on any atom is 0.221 e. The molecule has 4 rings (SSSR count). The second kappa shape index (κ2) is 13.1. The van der Waals surface area contributed by atoms with Crippen molar-refractivity contribution < 1.29 is 23.7 Å². The lowest BCUT2D eigenvalue weighted by Crippen LogP contribution is -2.21. The minimum absolute atomic E-state index is 0.151. The highest BCUT2D eigenvalue weighted by atomic mass is 16.7. The average Bonchev–Trinajstić information content (AvgIpc) is 2.90. The molecule has 2 aromatic carbocycles. The largest absolute Gasteiger partial charge is 0.493 e. The molecule has 37 heavy (non-hydrogen) atoms. The van der Waals surface area contributed by atoms with Crippen LogP contribution in [0.3, 0.4) is 0 Å². The molecule has 1 aromatic heterocycles. The predicted octanol–water partition coefficient (Wildman–Crippen LogP) is 4.62. The Morgan fingerprint density at radius 1 is 1.03 bits per heavy atom. The average molecular weight is 509 g/mol. The van der Waals surface area contributed by atoms with Gasteiger partial charge in [0.1, 0.15) is 23.1 Å². The molecule has 1 aliphatic rings. The van der Waals surface area contributed by atoms with Crippen molar-refractivity contribution in [1.82, 2.24) is 9.97 Å². The van der Waals surface area contributed by atoms with Gasteiger partial charge in [-0.1, -0.05) is 12.1 Å². The van der Waals surface area contributed by atoms with Crippen molar-refractivity contribution in [3.63, 3.8) is 0 Å².